The van der Waals surface area contributed by atoms with Gasteiger partial charge in [-0.05, 0) is 37.1 Å². The smallest absolute Gasteiger partial charge is 0.369 e. The summed E-state index contributed by atoms with van der Waals surface area (Å²) in [6.45, 7) is 2.04. The molecule has 1 N–H and O–H groups in total. The summed E-state index contributed by atoms with van der Waals surface area (Å²) in [6.07, 6.45) is -6.50. The quantitative estimate of drug-likeness (QED) is 0.310. The summed E-state index contributed by atoms with van der Waals surface area (Å²) < 4.78 is 108. The van der Waals surface area contributed by atoms with Crippen molar-refractivity contribution < 1.29 is 39.9 Å². The second kappa shape index (κ2) is 12.0. The highest BCUT2D eigenvalue weighted by Gasteiger charge is 2.71. The van der Waals surface area contributed by atoms with E-state index in [0.29, 0.717) is 30.7 Å². The predicted molar refractivity (Wildman–Crippen MR) is 151 cm³/mol. The van der Waals surface area contributed by atoms with Gasteiger partial charge in [0.15, 0.2) is 0 Å². The number of aryl methyl sites for hydroxylation is 1. The molecule has 1 atom stereocenters. The molecule has 0 unspecified atom stereocenters. The number of anilines is 1. The molecule has 0 saturated carbocycles. The van der Waals surface area contributed by atoms with Crippen molar-refractivity contribution >= 4 is 45.2 Å². The van der Waals surface area contributed by atoms with Gasteiger partial charge >= 0.3 is 12.4 Å². The molecule has 1 heterocycles. The second-order valence-electron chi connectivity index (χ2n) is 9.74. The molecule has 0 aromatic heterocycles. The first-order chi connectivity index (χ1) is 18.6. The summed E-state index contributed by atoms with van der Waals surface area (Å²) in [4.78, 5) is 2.08. The molecule has 1 aliphatic carbocycles. The van der Waals surface area contributed by atoms with Gasteiger partial charge in [0.05, 0.1) is 4.91 Å². The van der Waals surface area contributed by atoms with Gasteiger partial charge < -0.3 is 10.0 Å². The van der Waals surface area contributed by atoms with Gasteiger partial charge in [0.25, 0.3) is 5.60 Å². The van der Waals surface area contributed by atoms with Crippen molar-refractivity contribution in [3.63, 3.8) is 0 Å². The Kier molecular flexibility index (Phi) is 9.71. The van der Waals surface area contributed by atoms with Crippen LogP contribution in [0.25, 0.3) is 0 Å². The molecule has 0 radical (unpaired) electrons. The number of allylic oxidation sites excluding steroid dienone is 4. The number of nitrogens with zero attached hydrogens (tertiary/aromatic N) is 2. The third-order valence-electron chi connectivity index (χ3n) is 7.02. The van der Waals surface area contributed by atoms with Crippen molar-refractivity contribution in [2.24, 2.45) is 0 Å². The maximum Gasteiger partial charge on any atom is 0.430 e. The first kappa shape index (κ1) is 33.1. The normalized spacial score (nSPS) is 19.1. The van der Waals surface area contributed by atoms with E-state index in [2.05, 4.69) is 0 Å². The number of aliphatic hydroxyl groups is 1. The fourth-order valence-corrected chi connectivity index (χ4v) is 7.02. The Morgan fingerprint density at radius 2 is 1.63 bits per heavy atom. The van der Waals surface area contributed by atoms with E-state index in [1.807, 2.05) is 31.2 Å². The van der Waals surface area contributed by atoms with Crippen LogP contribution in [-0.4, -0.2) is 60.7 Å². The van der Waals surface area contributed by atoms with Crippen molar-refractivity contribution in [3.05, 3.63) is 88.4 Å². The van der Waals surface area contributed by atoms with Crippen LogP contribution in [0.3, 0.4) is 0 Å². The molecule has 224 valence electrons. The highest BCUT2D eigenvalue weighted by molar-refractivity contribution is 7.96. The Labute approximate surface area is 245 Å². The van der Waals surface area contributed by atoms with Crippen molar-refractivity contribution in [1.29, 1.82) is 0 Å². The van der Waals surface area contributed by atoms with E-state index in [9.17, 15) is 39.9 Å². The van der Waals surface area contributed by atoms with Crippen molar-refractivity contribution in [3.8, 4) is 0 Å². The van der Waals surface area contributed by atoms with Crippen molar-refractivity contribution in [2.45, 2.75) is 43.8 Å². The zero-order chi connectivity index (χ0) is 29.5. The fourth-order valence-electron chi connectivity index (χ4n) is 4.95. The Morgan fingerprint density at radius 3 is 2.20 bits per heavy atom. The van der Waals surface area contributed by atoms with E-state index in [-0.39, 0.29) is 41.8 Å². The lowest BCUT2D eigenvalue weighted by Crippen LogP contribution is -2.56. The van der Waals surface area contributed by atoms with Crippen molar-refractivity contribution in [1.82, 2.24) is 4.31 Å². The molecule has 5 nitrogen and oxygen atoms in total. The highest BCUT2D eigenvalue weighted by Crippen LogP contribution is 2.50. The number of hydrogen-bond acceptors (Lipinski definition) is 5. The summed E-state index contributed by atoms with van der Waals surface area (Å²) in [5.74, 6) is 0. The van der Waals surface area contributed by atoms with Crippen LogP contribution in [0.2, 0.25) is 0 Å². The number of benzene rings is 2. The maximum absolute atomic E-state index is 13.5. The SMILES string of the molecule is Cc1cccc(C[C@@H]2CN(S(=O)(=O)C3=CC=CCC3=S)CCN2c2ccc(C(O)(C(F)(F)F)C(F)(F)F)cc2)c1.Cl. The molecule has 0 bridgehead atoms. The first-order valence-corrected chi connectivity index (χ1v) is 14.1. The Morgan fingerprint density at radius 1 is 1.00 bits per heavy atom. The number of alkyl halides is 6. The molecular formula is C27H27ClF6N2O3S2. The second-order valence-corrected chi connectivity index (χ2v) is 12.1. The molecule has 1 aliphatic heterocycles. The van der Waals surface area contributed by atoms with Gasteiger partial charge in [0.2, 0.25) is 10.0 Å². The predicted octanol–water partition coefficient (Wildman–Crippen LogP) is 6.01. The summed E-state index contributed by atoms with van der Waals surface area (Å²) in [7, 11) is -3.94. The first-order valence-electron chi connectivity index (χ1n) is 12.2. The minimum Gasteiger partial charge on any atom is -0.369 e. The van der Waals surface area contributed by atoms with Gasteiger partial charge in [0, 0.05) is 48.2 Å². The average molecular weight is 641 g/mol. The molecule has 2 aromatic carbocycles. The summed E-state index contributed by atoms with van der Waals surface area (Å²) in [5, 5.41) is 9.74. The Hall–Kier alpha value is -2.45. The molecule has 4 rings (SSSR count). The summed E-state index contributed by atoms with van der Waals surface area (Å²) >= 11 is 5.27. The number of hydrogen-bond donors (Lipinski definition) is 1. The van der Waals surface area contributed by atoms with E-state index in [1.165, 1.54) is 10.4 Å². The number of thiocarbonyl (C=S) groups is 1. The molecule has 2 aliphatic rings. The fraction of sp³-hybridized carbons (Fsp3) is 0.370. The van der Waals surface area contributed by atoms with Gasteiger partial charge in [0.1, 0.15) is 0 Å². The van der Waals surface area contributed by atoms with E-state index in [4.69, 9.17) is 12.2 Å². The average Bonchev–Trinajstić information content (AvgIpc) is 2.87. The zero-order valence-electron chi connectivity index (χ0n) is 21.6. The van der Waals surface area contributed by atoms with Crippen LogP contribution in [0.15, 0.2) is 71.7 Å². The Bertz CT molecular complexity index is 1430. The molecule has 0 amide bonds. The van der Waals surface area contributed by atoms with Crippen LogP contribution in [0.5, 0.6) is 0 Å². The molecule has 1 fully saturated rings. The van der Waals surface area contributed by atoms with E-state index >= 15 is 0 Å². The standard InChI is InChI=1S/C27H26F6N2O3S2.ClH/c1-18-5-4-6-19(15-18)16-22-17-34(40(37,38)24-8-3-2-7-23(24)39)13-14-35(22)21-11-9-20(10-12-21)25(36,26(28,29)30)27(31,32)33;/h2-6,8-12,15,22,36H,7,13-14,16-17H2,1H3;1H/t22-;/m1./s1. The highest BCUT2D eigenvalue weighted by atomic mass is 35.5. The van der Waals surface area contributed by atoms with Crippen LogP contribution in [0, 0.1) is 6.92 Å². The molecule has 2 aromatic rings. The van der Waals surface area contributed by atoms with Gasteiger partial charge in [-0.1, -0.05) is 66.3 Å². The summed E-state index contributed by atoms with van der Waals surface area (Å²) in [5.41, 5.74) is -4.26. The molecule has 14 heteroatoms. The molecule has 0 spiro atoms. The van der Waals surface area contributed by atoms with E-state index in [1.54, 1.807) is 17.1 Å². The number of sulfonamides is 1. The van der Waals surface area contributed by atoms with Gasteiger partial charge in [-0.3, -0.25) is 0 Å². The van der Waals surface area contributed by atoms with Crippen LogP contribution >= 0.6 is 24.6 Å². The van der Waals surface area contributed by atoms with Crippen LogP contribution in [-0.2, 0) is 22.0 Å². The van der Waals surface area contributed by atoms with Gasteiger partial charge in [-0.25, -0.2) is 8.42 Å². The largest absolute Gasteiger partial charge is 0.430 e. The molecule has 41 heavy (non-hydrogen) atoms. The third-order valence-corrected chi connectivity index (χ3v) is 9.48. The topological polar surface area (TPSA) is 60.9 Å². The van der Waals surface area contributed by atoms with Gasteiger partial charge in [-0.2, -0.15) is 30.6 Å². The zero-order valence-corrected chi connectivity index (χ0v) is 24.1. The van der Waals surface area contributed by atoms with Crippen LogP contribution in [0.4, 0.5) is 32.0 Å². The number of halogens is 7. The lowest BCUT2D eigenvalue weighted by molar-refractivity contribution is -0.376. The molecule has 1 saturated heterocycles. The number of rotatable bonds is 6. The number of piperazine rings is 1. The minimum atomic E-state index is -6.00. The molecular weight excluding hydrogens is 614 g/mol. The third kappa shape index (κ3) is 6.48. The lowest BCUT2D eigenvalue weighted by Gasteiger charge is -2.43. The van der Waals surface area contributed by atoms with E-state index < -0.39 is 39.6 Å². The Balaban J connectivity index is 0.00000462. The minimum absolute atomic E-state index is 0. The van der Waals surface area contributed by atoms with Crippen LogP contribution in [0.1, 0.15) is 23.1 Å². The van der Waals surface area contributed by atoms with E-state index in [0.717, 1.165) is 23.3 Å². The van der Waals surface area contributed by atoms with Crippen LogP contribution < -0.4 is 4.90 Å². The summed E-state index contributed by atoms with van der Waals surface area (Å²) in [6, 6.07) is 10.4. The monoisotopic (exact) mass is 640 g/mol. The van der Waals surface area contributed by atoms with Crippen molar-refractivity contribution in [2.75, 3.05) is 24.5 Å². The lowest BCUT2D eigenvalue weighted by atomic mass is 9.92. The van der Waals surface area contributed by atoms with Gasteiger partial charge in [-0.15, -0.1) is 12.4 Å². The maximum atomic E-state index is 13.5.